The van der Waals surface area contributed by atoms with E-state index in [4.69, 9.17) is 0 Å². The second kappa shape index (κ2) is 6.12. The largest absolute Gasteiger partial charge is 0.392 e. The molecule has 1 atom stereocenters. The van der Waals surface area contributed by atoms with Crippen molar-refractivity contribution in [2.24, 2.45) is 0 Å². The van der Waals surface area contributed by atoms with Gasteiger partial charge in [0.05, 0.1) is 6.10 Å². The highest BCUT2D eigenvalue weighted by Gasteiger charge is 2.11. The van der Waals surface area contributed by atoms with E-state index in [0.717, 1.165) is 18.1 Å². The third-order valence-electron chi connectivity index (χ3n) is 2.04. The summed E-state index contributed by atoms with van der Waals surface area (Å²) in [5.41, 5.74) is 0. The van der Waals surface area contributed by atoms with E-state index in [1.54, 1.807) is 18.1 Å². The molecule has 0 saturated carbocycles. The molecule has 0 saturated heterocycles. The molecule has 1 unspecified atom stereocenters. The lowest BCUT2D eigenvalue weighted by Gasteiger charge is -2.11. The Labute approximate surface area is 95.1 Å². The molecular weight excluding hydrogens is 210 g/mol. The van der Waals surface area contributed by atoms with Crippen molar-refractivity contribution in [3.05, 3.63) is 12.2 Å². The van der Waals surface area contributed by atoms with E-state index in [2.05, 4.69) is 23.9 Å². The monoisotopic (exact) mass is 229 g/mol. The summed E-state index contributed by atoms with van der Waals surface area (Å²) in [6, 6.07) is 0. The predicted molar refractivity (Wildman–Crippen MR) is 63.0 cm³/mol. The van der Waals surface area contributed by atoms with Crippen molar-refractivity contribution in [3.63, 3.8) is 0 Å². The molecule has 0 aliphatic heterocycles. The zero-order chi connectivity index (χ0) is 11.3. The van der Waals surface area contributed by atoms with Gasteiger partial charge in [-0.05, 0) is 12.2 Å². The van der Waals surface area contributed by atoms with E-state index in [9.17, 15) is 5.11 Å². The minimum Gasteiger partial charge on any atom is -0.392 e. The zero-order valence-electron chi connectivity index (χ0n) is 9.55. The lowest BCUT2D eigenvalue weighted by atomic mass is 10.3. The van der Waals surface area contributed by atoms with Crippen LogP contribution < -0.4 is 0 Å². The highest BCUT2D eigenvalue weighted by atomic mass is 32.2. The molecule has 0 spiro atoms. The second-order valence-corrected chi connectivity index (χ2v) is 5.34. The molecular formula is C10H19N3OS. The molecule has 0 radical (unpaired) electrons. The number of rotatable bonds is 6. The third kappa shape index (κ3) is 4.22. The Balaban J connectivity index is 2.40. The molecule has 1 heterocycles. The standard InChI is InChI=1S/C10H19N3OS/c1-4-13-10(11-7-12-13)5-9(14)6-15-8(2)3/h7-9,14H,4-6H2,1-3H3. The van der Waals surface area contributed by atoms with Gasteiger partial charge in [0, 0.05) is 18.7 Å². The maximum Gasteiger partial charge on any atom is 0.138 e. The second-order valence-electron chi connectivity index (χ2n) is 3.73. The molecule has 4 nitrogen and oxygen atoms in total. The van der Waals surface area contributed by atoms with Crippen LogP contribution in [-0.4, -0.2) is 37.0 Å². The average molecular weight is 229 g/mol. The quantitative estimate of drug-likeness (QED) is 0.800. The van der Waals surface area contributed by atoms with Gasteiger partial charge >= 0.3 is 0 Å². The first kappa shape index (κ1) is 12.5. The summed E-state index contributed by atoms with van der Waals surface area (Å²) in [4.78, 5) is 4.14. The van der Waals surface area contributed by atoms with Crippen molar-refractivity contribution in [1.29, 1.82) is 0 Å². The molecule has 0 aliphatic carbocycles. The summed E-state index contributed by atoms with van der Waals surface area (Å²) in [5.74, 6) is 1.63. The normalized spacial score (nSPS) is 13.4. The van der Waals surface area contributed by atoms with Crippen LogP contribution in [0.15, 0.2) is 6.33 Å². The van der Waals surface area contributed by atoms with Crippen LogP contribution in [0.1, 0.15) is 26.6 Å². The lowest BCUT2D eigenvalue weighted by Crippen LogP contribution is -2.18. The van der Waals surface area contributed by atoms with E-state index in [1.165, 1.54) is 0 Å². The highest BCUT2D eigenvalue weighted by Crippen LogP contribution is 2.12. The van der Waals surface area contributed by atoms with Gasteiger partial charge in [-0.25, -0.2) is 4.98 Å². The Morgan fingerprint density at radius 3 is 2.87 bits per heavy atom. The van der Waals surface area contributed by atoms with Crippen LogP contribution in [0.5, 0.6) is 0 Å². The van der Waals surface area contributed by atoms with Crippen LogP contribution in [0.25, 0.3) is 0 Å². The van der Waals surface area contributed by atoms with Gasteiger partial charge in [0.25, 0.3) is 0 Å². The third-order valence-corrected chi connectivity index (χ3v) is 3.28. The molecule has 86 valence electrons. The summed E-state index contributed by atoms with van der Waals surface area (Å²) in [6.45, 7) is 7.09. The van der Waals surface area contributed by atoms with Gasteiger partial charge in [0.2, 0.25) is 0 Å². The summed E-state index contributed by atoms with van der Waals surface area (Å²) in [7, 11) is 0. The van der Waals surface area contributed by atoms with Crippen LogP contribution in [-0.2, 0) is 13.0 Å². The SMILES string of the molecule is CCn1ncnc1CC(O)CSC(C)C. The molecule has 1 rings (SSSR count). The number of hydrogen-bond donors (Lipinski definition) is 1. The Morgan fingerprint density at radius 1 is 1.53 bits per heavy atom. The average Bonchev–Trinajstić information content (AvgIpc) is 2.62. The minimum absolute atomic E-state index is 0.327. The Hall–Kier alpha value is -0.550. The maximum absolute atomic E-state index is 9.79. The number of aromatic nitrogens is 3. The Morgan fingerprint density at radius 2 is 2.27 bits per heavy atom. The molecule has 1 aromatic rings. The van der Waals surface area contributed by atoms with Crippen molar-refractivity contribution < 1.29 is 5.11 Å². The Kier molecular flexibility index (Phi) is 5.11. The molecule has 1 N–H and O–H groups in total. The highest BCUT2D eigenvalue weighted by molar-refractivity contribution is 7.99. The van der Waals surface area contributed by atoms with Crippen LogP contribution in [0, 0.1) is 0 Å². The minimum atomic E-state index is -0.327. The van der Waals surface area contributed by atoms with Crippen molar-refractivity contribution in [2.75, 3.05) is 5.75 Å². The number of thioether (sulfide) groups is 1. The first-order valence-corrected chi connectivity index (χ1v) is 6.34. The molecule has 0 amide bonds. The van der Waals surface area contributed by atoms with Gasteiger partial charge in [-0.2, -0.15) is 16.9 Å². The number of aryl methyl sites for hydroxylation is 1. The van der Waals surface area contributed by atoms with Crippen molar-refractivity contribution >= 4 is 11.8 Å². The fourth-order valence-electron chi connectivity index (χ4n) is 1.28. The van der Waals surface area contributed by atoms with E-state index in [-0.39, 0.29) is 6.10 Å². The predicted octanol–water partition coefficient (Wildman–Crippen LogP) is 1.34. The van der Waals surface area contributed by atoms with Crippen molar-refractivity contribution in [2.45, 2.75) is 45.1 Å². The topological polar surface area (TPSA) is 50.9 Å². The fourth-order valence-corrected chi connectivity index (χ4v) is 2.01. The first-order chi connectivity index (χ1) is 7.13. The molecule has 0 aliphatic rings. The lowest BCUT2D eigenvalue weighted by molar-refractivity contribution is 0.195. The van der Waals surface area contributed by atoms with Crippen LogP contribution >= 0.6 is 11.8 Å². The number of aliphatic hydroxyl groups is 1. The van der Waals surface area contributed by atoms with E-state index < -0.39 is 0 Å². The zero-order valence-corrected chi connectivity index (χ0v) is 10.4. The van der Waals surface area contributed by atoms with E-state index in [1.807, 2.05) is 11.6 Å². The van der Waals surface area contributed by atoms with Gasteiger partial charge in [-0.1, -0.05) is 13.8 Å². The molecule has 15 heavy (non-hydrogen) atoms. The maximum atomic E-state index is 9.79. The smallest absolute Gasteiger partial charge is 0.138 e. The van der Waals surface area contributed by atoms with Gasteiger partial charge in [-0.15, -0.1) is 0 Å². The van der Waals surface area contributed by atoms with Gasteiger partial charge < -0.3 is 5.11 Å². The summed E-state index contributed by atoms with van der Waals surface area (Å²) < 4.78 is 1.82. The number of hydrogen-bond acceptors (Lipinski definition) is 4. The van der Waals surface area contributed by atoms with Gasteiger partial charge in [0.1, 0.15) is 12.2 Å². The molecule has 5 heteroatoms. The molecule has 0 fully saturated rings. The summed E-state index contributed by atoms with van der Waals surface area (Å²) in [6.07, 6.45) is 1.81. The first-order valence-electron chi connectivity index (χ1n) is 5.29. The molecule has 0 bridgehead atoms. The number of nitrogens with zero attached hydrogens (tertiary/aromatic N) is 3. The summed E-state index contributed by atoms with van der Waals surface area (Å²) in [5, 5.41) is 14.4. The van der Waals surface area contributed by atoms with Crippen LogP contribution in [0.4, 0.5) is 0 Å². The molecule has 1 aromatic heterocycles. The van der Waals surface area contributed by atoms with E-state index >= 15 is 0 Å². The van der Waals surface area contributed by atoms with Crippen LogP contribution in [0.2, 0.25) is 0 Å². The van der Waals surface area contributed by atoms with Crippen molar-refractivity contribution in [3.8, 4) is 0 Å². The number of aliphatic hydroxyl groups excluding tert-OH is 1. The van der Waals surface area contributed by atoms with Gasteiger partial charge in [0.15, 0.2) is 0 Å². The van der Waals surface area contributed by atoms with Crippen LogP contribution in [0.3, 0.4) is 0 Å². The van der Waals surface area contributed by atoms with E-state index in [0.29, 0.717) is 11.7 Å². The fraction of sp³-hybridized carbons (Fsp3) is 0.800. The summed E-state index contributed by atoms with van der Waals surface area (Å²) >= 11 is 1.77. The Bertz CT molecular complexity index is 288. The molecule has 0 aromatic carbocycles. The van der Waals surface area contributed by atoms with Gasteiger partial charge in [-0.3, -0.25) is 4.68 Å². The van der Waals surface area contributed by atoms with Crippen molar-refractivity contribution in [1.82, 2.24) is 14.8 Å².